The van der Waals surface area contributed by atoms with Gasteiger partial charge in [-0.3, -0.25) is 4.79 Å². The van der Waals surface area contributed by atoms with Crippen LogP contribution in [0, 0.1) is 6.92 Å². The summed E-state index contributed by atoms with van der Waals surface area (Å²) in [6.45, 7) is 2.73. The maximum Gasteiger partial charge on any atom is 0.230 e. The summed E-state index contributed by atoms with van der Waals surface area (Å²) < 4.78 is 1.82. The van der Waals surface area contributed by atoms with Gasteiger partial charge in [-0.05, 0) is 42.3 Å². The van der Waals surface area contributed by atoms with Gasteiger partial charge in [0.1, 0.15) is 0 Å². The lowest BCUT2D eigenvalue weighted by Gasteiger charge is -2.05. The molecule has 1 heterocycles. The van der Waals surface area contributed by atoms with Gasteiger partial charge in [-0.2, -0.15) is 0 Å². The van der Waals surface area contributed by atoms with E-state index in [0.717, 1.165) is 23.8 Å². The highest BCUT2D eigenvalue weighted by Crippen LogP contribution is 2.36. The fourth-order valence-corrected chi connectivity index (χ4v) is 3.55. The number of thioether (sulfide) groups is 2. The molecule has 1 aromatic heterocycles. The predicted molar refractivity (Wildman–Crippen MR) is 91.7 cm³/mol. The summed E-state index contributed by atoms with van der Waals surface area (Å²) in [7, 11) is 0. The molecular formula is C15H19N5OS2. The monoisotopic (exact) mass is 349 g/mol. The van der Waals surface area contributed by atoms with Crippen molar-refractivity contribution in [3.8, 4) is 0 Å². The van der Waals surface area contributed by atoms with Crippen LogP contribution in [0.1, 0.15) is 24.4 Å². The van der Waals surface area contributed by atoms with E-state index >= 15 is 0 Å². The third-order valence-electron chi connectivity index (χ3n) is 3.40. The highest BCUT2D eigenvalue weighted by molar-refractivity contribution is 7.99. The lowest BCUT2D eigenvalue weighted by atomic mass is 10.2. The van der Waals surface area contributed by atoms with Gasteiger partial charge in [0.2, 0.25) is 11.1 Å². The van der Waals surface area contributed by atoms with Crippen LogP contribution in [0.3, 0.4) is 0 Å². The number of rotatable bonds is 8. The number of carbonyl (C=O) groups is 1. The van der Waals surface area contributed by atoms with Crippen molar-refractivity contribution in [1.82, 2.24) is 25.5 Å². The number of aromatic nitrogens is 4. The van der Waals surface area contributed by atoms with E-state index in [0.29, 0.717) is 18.3 Å². The summed E-state index contributed by atoms with van der Waals surface area (Å²) in [5.41, 5.74) is 1.26. The predicted octanol–water partition coefficient (Wildman–Crippen LogP) is 2.32. The molecule has 1 fully saturated rings. The second-order valence-electron chi connectivity index (χ2n) is 5.44. The molecule has 0 bridgehead atoms. The largest absolute Gasteiger partial charge is 0.355 e. The number of nitrogens with one attached hydrogen (secondary N) is 1. The minimum atomic E-state index is 0.0184. The Hall–Kier alpha value is -1.54. The van der Waals surface area contributed by atoms with Crippen LogP contribution in [-0.4, -0.2) is 44.2 Å². The summed E-state index contributed by atoms with van der Waals surface area (Å²) in [6, 6.07) is 8.84. The fraction of sp³-hybridized carbons (Fsp3) is 0.467. The average Bonchev–Trinajstić information content (AvgIpc) is 3.29. The molecule has 1 N–H and O–H groups in total. The highest BCUT2D eigenvalue weighted by atomic mass is 32.2. The normalized spacial score (nSPS) is 14.0. The average molecular weight is 349 g/mol. The van der Waals surface area contributed by atoms with Crippen molar-refractivity contribution in [3.05, 3.63) is 29.8 Å². The van der Waals surface area contributed by atoms with E-state index in [-0.39, 0.29) is 5.91 Å². The molecule has 0 atom stereocenters. The number of benzene rings is 1. The molecule has 1 aromatic carbocycles. The molecule has 2 aromatic rings. The molecule has 122 valence electrons. The van der Waals surface area contributed by atoms with Gasteiger partial charge in [0.15, 0.2) is 0 Å². The minimum absolute atomic E-state index is 0.0184. The second kappa shape index (κ2) is 7.83. The molecule has 0 unspecified atom stereocenters. The van der Waals surface area contributed by atoms with Crippen LogP contribution in [0.15, 0.2) is 34.3 Å². The second-order valence-corrected chi connectivity index (χ2v) is 7.55. The van der Waals surface area contributed by atoms with E-state index in [9.17, 15) is 4.79 Å². The van der Waals surface area contributed by atoms with Crippen LogP contribution >= 0.6 is 23.5 Å². The van der Waals surface area contributed by atoms with Crippen molar-refractivity contribution in [3.63, 3.8) is 0 Å². The van der Waals surface area contributed by atoms with E-state index in [1.807, 2.05) is 4.68 Å². The summed E-state index contributed by atoms with van der Waals surface area (Å²) in [6.07, 6.45) is 2.25. The first-order chi connectivity index (χ1) is 11.2. The first-order valence-electron chi connectivity index (χ1n) is 7.59. The topological polar surface area (TPSA) is 72.7 Å². The van der Waals surface area contributed by atoms with Crippen molar-refractivity contribution in [1.29, 1.82) is 0 Å². The Morgan fingerprint density at radius 3 is 2.83 bits per heavy atom. The lowest BCUT2D eigenvalue weighted by molar-refractivity contribution is -0.118. The number of hydrogen-bond acceptors (Lipinski definition) is 6. The SMILES string of the molecule is Cc1ccc(SCCNC(=O)CSc2nnnn2C2CC2)cc1. The smallest absolute Gasteiger partial charge is 0.230 e. The number of nitrogens with zero attached hydrogens (tertiary/aromatic N) is 4. The molecule has 0 radical (unpaired) electrons. The van der Waals surface area contributed by atoms with E-state index in [1.165, 1.54) is 22.2 Å². The van der Waals surface area contributed by atoms with Crippen molar-refractivity contribution in [2.24, 2.45) is 0 Å². The van der Waals surface area contributed by atoms with Gasteiger partial charge in [0, 0.05) is 17.2 Å². The van der Waals surface area contributed by atoms with E-state index in [1.54, 1.807) is 11.8 Å². The Bertz CT molecular complexity index is 654. The van der Waals surface area contributed by atoms with Crippen molar-refractivity contribution in [2.75, 3.05) is 18.1 Å². The molecule has 6 nitrogen and oxygen atoms in total. The molecule has 1 amide bonds. The Labute approximate surface area is 143 Å². The quantitative estimate of drug-likeness (QED) is 0.582. The zero-order valence-corrected chi connectivity index (χ0v) is 14.6. The summed E-state index contributed by atoms with van der Waals surface area (Å²) in [5.74, 6) is 1.23. The Morgan fingerprint density at radius 1 is 1.30 bits per heavy atom. The molecule has 1 aliphatic rings. The highest BCUT2D eigenvalue weighted by Gasteiger charge is 2.28. The molecule has 8 heteroatoms. The number of amides is 1. The standard InChI is InChI=1S/C15H19N5OS2/c1-11-2-6-13(7-3-11)22-9-8-16-14(21)10-23-15-17-18-19-20(15)12-4-5-12/h2-3,6-7,12H,4-5,8-10H2,1H3,(H,16,21). The first kappa shape index (κ1) is 16.3. The van der Waals surface area contributed by atoms with Crippen LogP contribution in [0.2, 0.25) is 0 Å². The third-order valence-corrected chi connectivity index (χ3v) is 5.35. The maximum atomic E-state index is 11.9. The number of tetrazole rings is 1. The molecule has 23 heavy (non-hydrogen) atoms. The number of carbonyl (C=O) groups excluding carboxylic acids is 1. The number of aryl methyl sites for hydroxylation is 1. The van der Waals surface area contributed by atoms with Crippen molar-refractivity contribution >= 4 is 29.4 Å². The van der Waals surface area contributed by atoms with Gasteiger partial charge < -0.3 is 5.32 Å². The fourth-order valence-electron chi connectivity index (χ4n) is 2.00. The van der Waals surface area contributed by atoms with Gasteiger partial charge >= 0.3 is 0 Å². The van der Waals surface area contributed by atoms with Crippen LogP contribution < -0.4 is 5.32 Å². The molecule has 0 spiro atoms. The van der Waals surface area contributed by atoms with Crippen LogP contribution in [-0.2, 0) is 4.79 Å². The Kier molecular flexibility index (Phi) is 5.56. The third kappa shape index (κ3) is 4.97. The molecule has 1 saturated carbocycles. The minimum Gasteiger partial charge on any atom is -0.355 e. The molecule has 1 aliphatic carbocycles. The Morgan fingerprint density at radius 2 is 2.09 bits per heavy atom. The van der Waals surface area contributed by atoms with Crippen LogP contribution in [0.25, 0.3) is 0 Å². The van der Waals surface area contributed by atoms with Crippen molar-refractivity contribution in [2.45, 2.75) is 35.9 Å². The maximum absolute atomic E-state index is 11.9. The van der Waals surface area contributed by atoms with Crippen LogP contribution in [0.5, 0.6) is 0 Å². The lowest BCUT2D eigenvalue weighted by Crippen LogP contribution is -2.27. The van der Waals surface area contributed by atoms with Crippen LogP contribution in [0.4, 0.5) is 0 Å². The molecule has 3 rings (SSSR count). The van der Waals surface area contributed by atoms with Gasteiger partial charge in [-0.25, -0.2) is 4.68 Å². The van der Waals surface area contributed by atoms with Gasteiger partial charge in [-0.1, -0.05) is 29.5 Å². The summed E-state index contributed by atoms with van der Waals surface area (Å²) >= 11 is 3.14. The molecule has 0 aliphatic heterocycles. The zero-order valence-electron chi connectivity index (χ0n) is 12.9. The number of hydrogen-bond donors (Lipinski definition) is 1. The van der Waals surface area contributed by atoms with E-state index in [4.69, 9.17) is 0 Å². The molecule has 0 saturated heterocycles. The first-order valence-corrected chi connectivity index (χ1v) is 9.56. The van der Waals surface area contributed by atoms with Gasteiger partial charge in [-0.15, -0.1) is 16.9 Å². The van der Waals surface area contributed by atoms with E-state index in [2.05, 4.69) is 52.0 Å². The Balaban J connectivity index is 1.33. The zero-order chi connectivity index (χ0) is 16.1. The summed E-state index contributed by atoms with van der Waals surface area (Å²) in [4.78, 5) is 13.1. The van der Waals surface area contributed by atoms with Gasteiger partial charge in [0.25, 0.3) is 0 Å². The molecular weight excluding hydrogens is 330 g/mol. The summed E-state index contributed by atoms with van der Waals surface area (Å²) in [5, 5.41) is 15.3. The van der Waals surface area contributed by atoms with E-state index < -0.39 is 0 Å². The van der Waals surface area contributed by atoms with Crippen molar-refractivity contribution < 1.29 is 4.79 Å². The van der Waals surface area contributed by atoms with Gasteiger partial charge in [0.05, 0.1) is 11.8 Å².